The second kappa shape index (κ2) is 7.74. The minimum atomic E-state index is -4.32. The Morgan fingerprint density at radius 3 is 2.46 bits per heavy atom. The molecule has 0 spiro atoms. The van der Waals surface area contributed by atoms with E-state index in [0.717, 1.165) is 6.92 Å². The maximum Gasteiger partial charge on any atom is 0.335 e. The number of nitrogens with zero attached hydrogens (tertiary/aromatic N) is 3. The number of rotatable bonds is 5. The highest BCUT2D eigenvalue weighted by Crippen LogP contribution is 2.23. The molecule has 1 heterocycles. The van der Waals surface area contributed by atoms with Crippen LogP contribution in [0.3, 0.4) is 0 Å². The first-order valence-corrected chi connectivity index (χ1v) is 8.57. The summed E-state index contributed by atoms with van der Waals surface area (Å²) in [6, 6.07) is 4.21. The molecule has 0 saturated carbocycles. The lowest BCUT2D eigenvalue weighted by Crippen LogP contribution is -2.35. The highest BCUT2D eigenvalue weighted by Gasteiger charge is 2.23. The lowest BCUT2D eigenvalue weighted by molar-refractivity contribution is -0.132. The van der Waals surface area contributed by atoms with E-state index in [-0.39, 0.29) is 28.4 Å². The maximum absolute atomic E-state index is 12.4. The molecule has 0 atom stereocenters. The minimum Gasteiger partial charge on any atom is -0.467 e. The largest absolute Gasteiger partial charge is 0.467 e. The van der Waals surface area contributed by atoms with Crippen LogP contribution in [0.15, 0.2) is 29.2 Å². The SMILES string of the molecule is COc1nc(C)nc(NC(=O)NS(=O)(=O)c2ccccc2OC(C)=O)n1. The van der Waals surface area contributed by atoms with E-state index in [2.05, 4.69) is 20.3 Å². The number of sulfonamides is 1. The van der Waals surface area contributed by atoms with E-state index in [9.17, 15) is 18.0 Å². The maximum atomic E-state index is 12.4. The van der Waals surface area contributed by atoms with Gasteiger partial charge < -0.3 is 9.47 Å². The van der Waals surface area contributed by atoms with Gasteiger partial charge in [-0.3, -0.25) is 10.1 Å². The van der Waals surface area contributed by atoms with Gasteiger partial charge in [-0.05, 0) is 19.1 Å². The summed E-state index contributed by atoms with van der Waals surface area (Å²) in [5, 5.41) is 2.16. The number of anilines is 1. The molecule has 1 aromatic heterocycles. The van der Waals surface area contributed by atoms with Gasteiger partial charge in [-0.2, -0.15) is 15.0 Å². The van der Waals surface area contributed by atoms with E-state index in [1.54, 1.807) is 11.6 Å². The van der Waals surface area contributed by atoms with Crippen LogP contribution >= 0.6 is 0 Å². The molecule has 0 radical (unpaired) electrons. The molecule has 138 valence electrons. The summed E-state index contributed by atoms with van der Waals surface area (Å²) >= 11 is 0. The Hall–Kier alpha value is -3.28. The second-order valence-electron chi connectivity index (χ2n) is 4.79. The molecule has 2 N–H and O–H groups in total. The van der Waals surface area contributed by atoms with Gasteiger partial charge in [0, 0.05) is 6.92 Å². The van der Waals surface area contributed by atoms with Gasteiger partial charge >= 0.3 is 18.0 Å². The number of benzene rings is 1. The molecule has 2 rings (SSSR count). The van der Waals surface area contributed by atoms with Crippen LogP contribution in [0.2, 0.25) is 0 Å². The van der Waals surface area contributed by atoms with Crippen molar-refractivity contribution in [2.45, 2.75) is 18.7 Å². The van der Waals surface area contributed by atoms with Gasteiger partial charge in [-0.15, -0.1) is 0 Å². The first-order chi connectivity index (χ1) is 12.2. The molecule has 0 bridgehead atoms. The lowest BCUT2D eigenvalue weighted by atomic mass is 10.3. The predicted molar refractivity (Wildman–Crippen MR) is 88.2 cm³/mol. The van der Waals surface area contributed by atoms with Crippen molar-refractivity contribution in [3.05, 3.63) is 30.1 Å². The molecule has 1 aromatic carbocycles. The first kappa shape index (κ1) is 19.1. The normalized spacial score (nSPS) is 10.7. The van der Waals surface area contributed by atoms with E-state index in [1.165, 1.54) is 31.4 Å². The molecule has 11 nitrogen and oxygen atoms in total. The standard InChI is InChI=1S/C14H15N5O6S/c1-8-15-12(18-14(16-8)24-3)17-13(21)19-26(22,23)11-7-5-4-6-10(11)25-9(2)20/h4-7H,1-3H3,(H2,15,16,17,18,19,21). The molecule has 12 heteroatoms. The third kappa shape index (κ3) is 4.86. The number of aromatic nitrogens is 3. The Kier molecular flexibility index (Phi) is 5.67. The molecule has 0 fully saturated rings. The first-order valence-electron chi connectivity index (χ1n) is 7.09. The van der Waals surface area contributed by atoms with Crippen LogP contribution in [0.1, 0.15) is 12.7 Å². The van der Waals surface area contributed by atoms with Gasteiger partial charge in [0.05, 0.1) is 7.11 Å². The molecule has 0 saturated heterocycles. The number of ether oxygens (including phenoxy) is 2. The van der Waals surface area contributed by atoms with E-state index in [4.69, 9.17) is 9.47 Å². The van der Waals surface area contributed by atoms with Gasteiger partial charge in [0.2, 0.25) is 5.95 Å². The fraction of sp³-hybridized carbons (Fsp3) is 0.214. The molecule has 0 aliphatic carbocycles. The fourth-order valence-electron chi connectivity index (χ4n) is 1.82. The lowest BCUT2D eigenvalue weighted by Gasteiger charge is -2.11. The highest BCUT2D eigenvalue weighted by atomic mass is 32.2. The van der Waals surface area contributed by atoms with Crippen LogP contribution in [0, 0.1) is 6.92 Å². The zero-order valence-electron chi connectivity index (χ0n) is 14.0. The zero-order valence-corrected chi connectivity index (χ0v) is 14.8. The van der Waals surface area contributed by atoms with Crippen molar-refractivity contribution in [1.29, 1.82) is 0 Å². The number of carbonyl (C=O) groups excluding carboxylic acids is 2. The number of para-hydroxylation sites is 1. The predicted octanol–water partition coefficient (Wildman–Crippen LogP) is 0.624. The molecule has 2 amide bonds. The number of hydrogen-bond acceptors (Lipinski definition) is 9. The van der Waals surface area contributed by atoms with Crippen molar-refractivity contribution in [1.82, 2.24) is 19.7 Å². The van der Waals surface area contributed by atoms with Crippen molar-refractivity contribution >= 4 is 28.0 Å². The third-order valence-electron chi connectivity index (χ3n) is 2.75. The van der Waals surface area contributed by atoms with E-state index >= 15 is 0 Å². The Bertz CT molecular complexity index is 947. The summed E-state index contributed by atoms with van der Waals surface area (Å²) in [6.45, 7) is 2.67. The monoisotopic (exact) mass is 381 g/mol. The zero-order chi connectivity index (χ0) is 19.3. The number of methoxy groups -OCH3 is 1. The number of hydrogen-bond donors (Lipinski definition) is 2. The Labute approximate surface area is 148 Å². The van der Waals surface area contributed by atoms with Crippen molar-refractivity contribution in [2.24, 2.45) is 0 Å². The van der Waals surface area contributed by atoms with Crippen LogP contribution in [0.4, 0.5) is 10.7 Å². The van der Waals surface area contributed by atoms with Crippen LogP contribution in [0.5, 0.6) is 11.8 Å². The second-order valence-corrected chi connectivity index (χ2v) is 6.44. The van der Waals surface area contributed by atoms with Crippen LogP contribution in [-0.4, -0.2) is 42.5 Å². The number of aryl methyl sites for hydroxylation is 1. The number of amides is 2. The Balaban J connectivity index is 2.21. The quantitative estimate of drug-likeness (QED) is 0.561. The molecule has 2 aromatic rings. The molecule has 0 aliphatic rings. The van der Waals surface area contributed by atoms with Crippen LogP contribution in [-0.2, 0) is 14.8 Å². The van der Waals surface area contributed by atoms with E-state index < -0.39 is 22.0 Å². The Morgan fingerprint density at radius 2 is 1.81 bits per heavy atom. The topological polar surface area (TPSA) is 149 Å². The third-order valence-corrected chi connectivity index (χ3v) is 4.12. The summed E-state index contributed by atoms with van der Waals surface area (Å²) in [5.74, 6) is -0.853. The fourth-order valence-corrected chi connectivity index (χ4v) is 2.86. The minimum absolute atomic E-state index is 0.0455. The van der Waals surface area contributed by atoms with Crippen molar-refractivity contribution in [3.63, 3.8) is 0 Å². The van der Waals surface area contributed by atoms with Gasteiger partial charge in [0.1, 0.15) is 10.7 Å². The van der Waals surface area contributed by atoms with Crippen molar-refractivity contribution in [2.75, 3.05) is 12.4 Å². The molecule has 26 heavy (non-hydrogen) atoms. The number of urea groups is 1. The summed E-state index contributed by atoms with van der Waals surface area (Å²) < 4.78 is 36.2. The summed E-state index contributed by atoms with van der Waals surface area (Å²) in [6.07, 6.45) is 0. The summed E-state index contributed by atoms with van der Waals surface area (Å²) in [5.41, 5.74) is 0. The molecule has 0 unspecified atom stereocenters. The van der Waals surface area contributed by atoms with Crippen LogP contribution in [0.25, 0.3) is 0 Å². The summed E-state index contributed by atoms with van der Waals surface area (Å²) in [7, 11) is -2.99. The molecular formula is C14H15N5O6S. The average molecular weight is 381 g/mol. The number of nitrogens with one attached hydrogen (secondary N) is 2. The highest BCUT2D eigenvalue weighted by molar-refractivity contribution is 7.90. The molecular weight excluding hydrogens is 366 g/mol. The van der Waals surface area contributed by atoms with Crippen molar-refractivity contribution < 1.29 is 27.5 Å². The van der Waals surface area contributed by atoms with Gasteiger partial charge in [0.15, 0.2) is 5.75 Å². The van der Waals surface area contributed by atoms with E-state index in [0.29, 0.717) is 0 Å². The van der Waals surface area contributed by atoms with E-state index in [1.807, 2.05) is 0 Å². The van der Waals surface area contributed by atoms with Crippen molar-refractivity contribution in [3.8, 4) is 11.8 Å². The number of esters is 1. The van der Waals surface area contributed by atoms with Gasteiger partial charge in [0.25, 0.3) is 10.0 Å². The van der Waals surface area contributed by atoms with Crippen LogP contribution < -0.4 is 19.5 Å². The van der Waals surface area contributed by atoms with Gasteiger partial charge in [-0.25, -0.2) is 17.9 Å². The number of carbonyl (C=O) groups is 2. The smallest absolute Gasteiger partial charge is 0.335 e. The Morgan fingerprint density at radius 1 is 1.12 bits per heavy atom. The average Bonchev–Trinajstić information content (AvgIpc) is 2.53. The summed E-state index contributed by atoms with van der Waals surface area (Å²) in [4.78, 5) is 34.2. The van der Waals surface area contributed by atoms with Gasteiger partial charge in [-0.1, -0.05) is 12.1 Å². The molecule has 0 aliphatic heterocycles.